The Morgan fingerprint density at radius 2 is 2.00 bits per heavy atom. The lowest BCUT2D eigenvalue weighted by molar-refractivity contribution is 0.103. The Hall–Kier alpha value is -2.53. The Labute approximate surface area is 137 Å². The highest BCUT2D eigenvalue weighted by molar-refractivity contribution is 7.99. The fourth-order valence-electron chi connectivity index (χ4n) is 2.73. The number of nitrogens with zero attached hydrogens (tertiary/aromatic N) is 2. The van der Waals surface area contributed by atoms with E-state index in [0.29, 0.717) is 17.0 Å². The van der Waals surface area contributed by atoms with E-state index in [4.69, 9.17) is 0 Å². The Kier molecular flexibility index (Phi) is 3.42. The van der Waals surface area contributed by atoms with Crippen molar-refractivity contribution in [3.8, 4) is 11.3 Å². The third-order valence-electron chi connectivity index (χ3n) is 3.78. The van der Waals surface area contributed by atoms with Gasteiger partial charge in [0.1, 0.15) is 10.7 Å². The van der Waals surface area contributed by atoms with E-state index >= 15 is 0 Å². The minimum Gasteiger partial charge on any atom is -0.321 e. The number of hydrogen-bond donors (Lipinski definition) is 1. The van der Waals surface area contributed by atoms with Gasteiger partial charge in [-0.2, -0.15) is 0 Å². The van der Waals surface area contributed by atoms with Gasteiger partial charge in [-0.1, -0.05) is 49.4 Å². The summed E-state index contributed by atoms with van der Waals surface area (Å²) in [5.74, 6) is 1.62. The lowest BCUT2D eigenvalue weighted by atomic mass is 10.1. The molecule has 5 heteroatoms. The van der Waals surface area contributed by atoms with Gasteiger partial charge in [-0.15, -0.1) is 11.8 Å². The van der Waals surface area contributed by atoms with Crippen LogP contribution in [0.25, 0.3) is 17.0 Å². The van der Waals surface area contributed by atoms with Crippen LogP contribution in [0.15, 0.2) is 59.8 Å². The first-order chi connectivity index (χ1) is 11.3. The summed E-state index contributed by atoms with van der Waals surface area (Å²) in [5.41, 5.74) is 3.40. The van der Waals surface area contributed by atoms with Gasteiger partial charge in [0.2, 0.25) is 11.6 Å². The number of ketones is 1. The lowest BCUT2D eigenvalue weighted by Crippen LogP contribution is -2.00. The smallest absolute Gasteiger partial charge is 0.213 e. The van der Waals surface area contributed by atoms with Crippen molar-refractivity contribution >= 4 is 23.3 Å². The SMILES string of the molecule is CCSc1nc2[nH]c(C(=O)c3ccccc3)cn2c2cccc1-2. The molecular weight excluding hydrogens is 306 g/mol. The molecule has 1 N–H and O–H groups in total. The Morgan fingerprint density at radius 1 is 1.17 bits per heavy atom. The maximum absolute atomic E-state index is 12.6. The van der Waals surface area contributed by atoms with Crippen LogP contribution in [0.1, 0.15) is 23.0 Å². The summed E-state index contributed by atoms with van der Waals surface area (Å²) in [6, 6.07) is 15.4. The van der Waals surface area contributed by atoms with Gasteiger partial charge >= 0.3 is 0 Å². The van der Waals surface area contributed by atoms with E-state index in [-0.39, 0.29) is 5.78 Å². The number of H-pyrrole nitrogens is 1. The van der Waals surface area contributed by atoms with Gasteiger partial charge in [0.25, 0.3) is 0 Å². The van der Waals surface area contributed by atoms with E-state index < -0.39 is 0 Å². The molecule has 2 aromatic rings. The zero-order valence-corrected chi connectivity index (χ0v) is 13.4. The molecule has 1 aliphatic heterocycles. The van der Waals surface area contributed by atoms with Crippen LogP contribution in [0.2, 0.25) is 0 Å². The van der Waals surface area contributed by atoms with Crippen LogP contribution >= 0.6 is 11.8 Å². The van der Waals surface area contributed by atoms with Crippen LogP contribution in [-0.2, 0) is 0 Å². The van der Waals surface area contributed by atoms with E-state index in [1.54, 1.807) is 11.8 Å². The molecule has 0 saturated heterocycles. The van der Waals surface area contributed by atoms with Crippen LogP contribution in [-0.4, -0.2) is 25.9 Å². The molecule has 1 aliphatic carbocycles. The fraction of sp³-hybridized carbons (Fsp3) is 0.111. The van der Waals surface area contributed by atoms with Crippen molar-refractivity contribution in [2.45, 2.75) is 11.9 Å². The monoisotopic (exact) mass is 321 g/mol. The third kappa shape index (κ3) is 2.33. The molecule has 4 nitrogen and oxygen atoms in total. The summed E-state index contributed by atoms with van der Waals surface area (Å²) in [4.78, 5) is 20.5. The maximum Gasteiger partial charge on any atom is 0.213 e. The van der Waals surface area contributed by atoms with E-state index in [1.807, 2.05) is 53.1 Å². The number of carbonyl (C=O) groups excluding carboxylic acids is 1. The predicted octanol–water partition coefficient (Wildman–Crippen LogP) is 4.11. The van der Waals surface area contributed by atoms with Crippen LogP contribution in [0.3, 0.4) is 0 Å². The van der Waals surface area contributed by atoms with Gasteiger partial charge in [-0.05, 0) is 11.8 Å². The van der Waals surface area contributed by atoms with Gasteiger partial charge in [0, 0.05) is 17.3 Å². The maximum atomic E-state index is 12.6. The van der Waals surface area contributed by atoms with Gasteiger partial charge in [-0.25, -0.2) is 4.98 Å². The number of hydrogen-bond acceptors (Lipinski definition) is 3. The second-order valence-electron chi connectivity index (χ2n) is 5.23. The number of carbonyl (C=O) groups is 1. The molecule has 0 spiro atoms. The summed E-state index contributed by atoms with van der Waals surface area (Å²) in [7, 11) is 0. The number of aromatic amines is 1. The molecule has 2 heterocycles. The fourth-order valence-corrected chi connectivity index (χ4v) is 3.49. The van der Waals surface area contributed by atoms with Crippen molar-refractivity contribution < 1.29 is 4.79 Å². The molecule has 2 aliphatic rings. The molecule has 4 rings (SSSR count). The molecule has 0 amide bonds. The second kappa shape index (κ2) is 5.59. The van der Waals surface area contributed by atoms with E-state index in [2.05, 4.69) is 23.0 Å². The standard InChI is InChI=1S/C18H15N3OS/c1-2-23-17-13-9-6-10-15(13)21-11-14(19-18(21)20-17)16(22)12-7-4-3-5-8-12/h3-11H,2H2,1H3,(H,19,20). The van der Waals surface area contributed by atoms with Crippen molar-refractivity contribution in [3.05, 3.63) is 66.0 Å². The summed E-state index contributed by atoms with van der Waals surface area (Å²) in [5, 5.41) is 0.994. The van der Waals surface area contributed by atoms with E-state index in [1.165, 1.54) is 0 Å². The highest BCUT2D eigenvalue weighted by Crippen LogP contribution is 2.33. The predicted molar refractivity (Wildman–Crippen MR) is 92.4 cm³/mol. The number of aromatic nitrogens is 3. The van der Waals surface area contributed by atoms with Crippen LogP contribution < -0.4 is 0 Å². The largest absolute Gasteiger partial charge is 0.321 e. The first-order valence-corrected chi connectivity index (χ1v) is 8.49. The normalized spacial score (nSPS) is 11.3. The molecule has 0 saturated carbocycles. The van der Waals surface area contributed by atoms with Gasteiger partial charge in [0.05, 0.1) is 5.69 Å². The van der Waals surface area contributed by atoms with Crippen LogP contribution in [0, 0.1) is 0 Å². The first kappa shape index (κ1) is 14.1. The van der Waals surface area contributed by atoms with E-state index in [9.17, 15) is 4.79 Å². The van der Waals surface area contributed by atoms with Crippen molar-refractivity contribution in [2.75, 3.05) is 5.75 Å². The summed E-state index contributed by atoms with van der Waals surface area (Å²) in [6.45, 7) is 2.11. The van der Waals surface area contributed by atoms with Gasteiger partial charge in [-0.3, -0.25) is 9.20 Å². The van der Waals surface area contributed by atoms with Crippen LogP contribution in [0.5, 0.6) is 0 Å². The number of thioether (sulfide) groups is 1. The molecule has 23 heavy (non-hydrogen) atoms. The minimum absolute atomic E-state index is 0.0273. The summed E-state index contributed by atoms with van der Waals surface area (Å²) < 4.78 is 1.95. The molecule has 1 aromatic heterocycles. The number of benzene rings is 1. The quantitative estimate of drug-likeness (QED) is 0.349. The Morgan fingerprint density at radius 3 is 2.78 bits per heavy atom. The minimum atomic E-state index is -0.0273. The second-order valence-corrected chi connectivity index (χ2v) is 6.48. The number of imidazole rings is 1. The molecule has 0 radical (unpaired) electrons. The highest BCUT2D eigenvalue weighted by atomic mass is 32.2. The molecular formula is C18H15N3OS. The van der Waals surface area contributed by atoms with Gasteiger partial charge < -0.3 is 4.98 Å². The number of fused-ring (bicyclic) bond motifs is 3. The Bertz CT molecular complexity index is 955. The molecule has 0 fully saturated rings. The van der Waals surface area contributed by atoms with Crippen molar-refractivity contribution in [1.29, 1.82) is 0 Å². The van der Waals surface area contributed by atoms with E-state index in [0.717, 1.165) is 22.0 Å². The number of rotatable bonds is 4. The van der Waals surface area contributed by atoms with Crippen molar-refractivity contribution in [1.82, 2.24) is 14.4 Å². The zero-order chi connectivity index (χ0) is 15.8. The average Bonchev–Trinajstić information content (AvgIpc) is 3.21. The molecule has 1 aromatic carbocycles. The lowest BCUT2D eigenvalue weighted by Gasteiger charge is -2.08. The van der Waals surface area contributed by atoms with Crippen molar-refractivity contribution in [2.24, 2.45) is 0 Å². The zero-order valence-electron chi connectivity index (χ0n) is 12.6. The first-order valence-electron chi connectivity index (χ1n) is 7.50. The molecule has 114 valence electrons. The molecule has 0 atom stereocenters. The summed E-state index contributed by atoms with van der Waals surface area (Å²) in [6.07, 6.45) is 1.83. The summed E-state index contributed by atoms with van der Waals surface area (Å²) >= 11 is 1.71. The van der Waals surface area contributed by atoms with Crippen LogP contribution in [0.4, 0.5) is 0 Å². The molecule has 0 bridgehead atoms. The topological polar surface area (TPSA) is 50.2 Å². The number of nitrogens with one attached hydrogen (secondary N) is 1. The van der Waals surface area contributed by atoms with Crippen molar-refractivity contribution in [3.63, 3.8) is 0 Å². The average molecular weight is 321 g/mol. The Balaban J connectivity index is 1.87. The third-order valence-corrected chi connectivity index (χ3v) is 4.66. The molecule has 0 unspecified atom stereocenters. The highest BCUT2D eigenvalue weighted by Gasteiger charge is 2.18. The van der Waals surface area contributed by atoms with Gasteiger partial charge in [0.15, 0.2) is 0 Å².